The molecular weight excluding hydrogens is 560 g/mol. The number of halogens is 1. The van der Waals surface area contributed by atoms with Crippen molar-refractivity contribution in [2.75, 3.05) is 0 Å². The van der Waals surface area contributed by atoms with Crippen molar-refractivity contribution in [3.05, 3.63) is 142 Å². The van der Waals surface area contributed by atoms with Crippen molar-refractivity contribution in [1.82, 2.24) is 10.2 Å². The average molecular weight is 598 g/mol. The van der Waals surface area contributed by atoms with Gasteiger partial charge in [-0.2, -0.15) is 0 Å². The van der Waals surface area contributed by atoms with Gasteiger partial charge in [-0.25, -0.2) is 0 Å². The van der Waals surface area contributed by atoms with E-state index < -0.39 is 11.6 Å². The van der Waals surface area contributed by atoms with Crippen LogP contribution in [-0.4, -0.2) is 28.3 Å². The molecule has 0 spiro atoms. The molecule has 206 valence electrons. The molecular formula is C35H37BrN2O2. The van der Waals surface area contributed by atoms with Crippen molar-refractivity contribution in [1.29, 1.82) is 0 Å². The fraction of sp³-hybridized carbons (Fsp3) is 0.257. The van der Waals surface area contributed by atoms with Gasteiger partial charge in [-0.05, 0) is 55.2 Å². The van der Waals surface area contributed by atoms with Gasteiger partial charge in [0.05, 0.1) is 0 Å². The van der Waals surface area contributed by atoms with Gasteiger partial charge in [0.1, 0.15) is 6.04 Å². The van der Waals surface area contributed by atoms with Gasteiger partial charge in [0, 0.05) is 35.3 Å². The second kappa shape index (κ2) is 13.6. The maximum Gasteiger partial charge on any atom is 0.243 e. The van der Waals surface area contributed by atoms with Crippen molar-refractivity contribution < 1.29 is 9.59 Å². The number of carbonyl (C=O) groups is 2. The summed E-state index contributed by atoms with van der Waals surface area (Å²) in [6.07, 6.45) is 0.672. The normalized spacial score (nSPS) is 12.1. The molecule has 0 unspecified atom stereocenters. The van der Waals surface area contributed by atoms with Crippen LogP contribution in [0.2, 0.25) is 0 Å². The monoisotopic (exact) mass is 596 g/mol. The molecule has 0 bridgehead atoms. The minimum absolute atomic E-state index is 0.0642. The third-order valence-corrected chi connectivity index (χ3v) is 7.35. The Morgan fingerprint density at radius 2 is 1.23 bits per heavy atom. The summed E-state index contributed by atoms with van der Waals surface area (Å²) in [5.74, 6) is -0.353. The molecule has 0 fully saturated rings. The van der Waals surface area contributed by atoms with Crippen molar-refractivity contribution in [3.8, 4) is 0 Å². The maximum atomic E-state index is 14.4. The van der Waals surface area contributed by atoms with E-state index in [-0.39, 0.29) is 24.2 Å². The second-order valence-electron chi connectivity index (χ2n) is 11.2. The summed E-state index contributed by atoms with van der Waals surface area (Å²) in [5.41, 5.74) is 3.69. The summed E-state index contributed by atoms with van der Waals surface area (Å²) in [7, 11) is 0. The summed E-state index contributed by atoms with van der Waals surface area (Å²) in [6.45, 7) is 6.22. The molecule has 4 nitrogen and oxygen atoms in total. The zero-order valence-electron chi connectivity index (χ0n) is 23.4. The van der Waals surface area contributed by atoms with Crippen LogP contribution in [0.3, 0.4) is 0 Å². The molecule has 1 atom stereocenters. The van der Waals surface area contributed by atoms with Crippen LogP contribution in [0.4, 0.5) is 0 Å². The third kappa shape index (κ3) is 8.40. The van der Waals surface area contributed by atoms with Crippen molar-refractivity contribution in [2.24, 2.45) is 0 Å². The predicted molar refractivity (Wildman–Crippen MR) is 166 cm³/mol. The average Bonchev–Trinajstić information content (AvgIpc) is 2.95. The fourth-order valence-electron chi connectivity index (χ4n) is 4.88. The van der Waals surface area contributed by atoms with Gasteiger partial charge in [-0.1, -0.05) is 119 Å². The predicted octanol–water partition coefficient (Wildman–Crippen LogP) is 7.53. The number of amides is 2. The molecule has 0 aliphatic carbocycles. The number of nitrogens with zero attached hydrogens (tertiary/aromatic N) is 1. The van der Waals surface area contributed by atoms with Crippen LogP contribution in [0.1, 0.15) is 55.4 Å². The Hall–Kier alpha value is -3.70. The van der Waals surface area contributed by atoms with Gasteiger partial charge in [0.2, 0.25) is 11.8 Å². The highest BCUT2D eigenvalue weighted by molar-refractivity contribution is 9.10. The highest BCUT2D eigenvalue weighted by Crippen LogP contribution is 2.30. The number of carbonyl (C=O) groups excluding carboxylic acids is 2. The van der Waals surface area contributed by atoms with Crippen LogP contribution in [0.5, 0.6) is 0 Å². The molecule has 4 aromatic rings. The van der Waals surface area contributed by atoms with Gasteiger partial charge in [-0.3, -0.25) is 9.59 Å². The van der Waals surface area contributed by atoms with E-state index in [1.807, 2.05) is 112 Å². The fourth-order valence-corrected chi connectivity index (χ4v) is 5.15. The molecule has 5 heteroatoms. The Kier molecular flexibility index (Phi) is 9.94. The summed E-state index contributed by atoms with van der Waals surface area (Å²) in [5, 5.41) is 3.15. The highest BCUT2D eigenvalue weighted by Gasteiger charge is 2.33. The first-order valence-electron chi connectivity index (χ1n) is 13.7. The molecule has 1 N–H and O–H groups in total. The lowest BCUT2D eigenvalue weighted by Gasteiger charge is -2.35. The Bertz CT molecular complexity index is 1330. The standard InChI is InChI=1S/C35H37BrN2O2/c1-35(2,3)37-34(40)32(23-26-13-7-4-8-14-26)38(25-27-19-21-30(36)22-20-27)33(39)24-31(28-15-9-5-10-16-28)29-17-11-6-12-18-29/h4-22,31-32H,23-25H2,1-3H3,(H,37,40)/t32-/m0/s1. The molecule has 0 saturated carbocycles. The minimum atomic E-state index is -0.676. The van der Waals surface area contributed by atoms with Gasteiger partial charge in [0.15, 0.2) is 0 Å². The van der Waals surface area contributed by atoms with Crippen molar-refractivity contribution in [2.45, 2.75) is 57.7 Å². The molecule has 4 aromatic carbocycles. The lowest BCUT2D eigenvalue weighted by molar-refractivity contribution is -0.142. The molecule has 0 aromatic heterocycles. The summed E-state index contributed by atoms with van der Waals surface area (Å²) >= 11 is 3.51. The van der Waals surface area contributed by atoms with Crippen LogP contribution in [-0.2, 0) is 22.6 Å². The van der Waals surface area contributed by atoms with Crippen LogP contribution < -0.4 is 5.32 Å². The van der Waals surface area contributed by atoms with E-state index in [2.05, 4.69) is 45.5 Å². The first-order chi connectivity index (χ1) is 19.2. The van der Waals surface area contributed by atoms with Gasteiger partial charge < -0.3 is 10.2 Å². The second-order valence-corrected chi connectivity index (χ2v) is 12.1. The minimum Gasteiger partial charge on any atom is -0.350 e. The molecule has 4 rings (SSSR count). The molecule has 0 saturated heterocycles. The number of benzene rings is 4. The summed E-state index contributed by atoms with van der Waals surface area (Å²) < 4.78 is 0.966. The van der Waals surface area contributed by atoms with Crippen LogP contribution >= 0.6 is 15.9 Å². The Morgan fingerprint density at radius 1 is 0.725 bits per heavy atom. The first kappa shape index (κ1) is 29.3. The SMILES string of the molecule is CC(C)(C)NC(=O)[C@H](Cc1ccccc1)N(Cc1ccc(Br)cc1)C(=O)CC(c1ccccc1)c1ccccc1. The van der Waals surface area contributed by atoms with Crippen LogP contribution in [0, 0.1) is 0 Å². The van der Waals surface area contributed by atoms with E-state index in [4.69, 9.17) is 0 Å². The Morgan fingerprint density at radius 3 is 1.73 bits per heavy atom. The van der Waals surface area contributed by atoms with E-state index in [0.29, 0.717) is 13.0 Å². The molecule has 2 amide bonds. The van der Waals surface area contributed by atoms with Gasteiger partial charge >= 0.3 is 0 Å². The molecule has 0 aliphatic heterocycles. The zero-order valence-corrected chi connectivity index (χ0v) is 25.0. The molecule has 40 heavy (non-hydrogen) atoms. The lowest BCUT2D eigenvalue weighted by atomic mass is 9.87. The van der Waals surface area contributed by atoms with Crippen molar-refractivity contribution in [3.63, 3.8) is 0 Å². The zero-order chi connectivity index (χ0) is 28.5. The van der Waals surface area contributed by atoms with Crippen LogP contribution in [0.15, 0.2) is 120 Å². The summed E-state index contributed by atoms with van der Waals surface area (Å²) in [4.78, 5) is 30.1. The molecule has 0 heterocycles. The smallest absolute Gasteiger partial charge is 0.243 e. The largest absolute Gasteiger partial charge is 0.350 e. The number of rotatable bonds is 10. The van der Waals surface area contributed by atoms with E-state index in [1.54, 1.807) is 4.90 Å². The van der Waals surface area contributed by atoms with E-state index in [0.717, 1.165) is 26.7 Å². The quantitative estimate of drug-likeness (QED) is 0.206. The van der Waals surface area contributed by atoms with Crippen molar-refractivity contribution >= 4 is 27.7 Å². The number of hydrogen-bond donors (Lipinski definition) is 1. The van der Waals surface area contributed by atoms with Gasteiger partial charge in [-0.15, -0.1) is 0 Å². The lowest BCUT2D eigenvalue weighted by Crippen LogP contribution is -2.54. The Balaban J connectivity index is 1.74. The van der Waals surface area contributed by atoms with Gasteiger partial charge in [0.25, 0.3) is 0 Å². The Labute approximate surface area is 246 Å². The number of nitrogens with one attached hydrogen (secondary N) is 1. The maximum absolute atomic E-state index is 14.4. The molecule has 0 radical (unpaired) electrons. The highest BCUT2D eigenvalue weighted by atomic mass is 79.9. The third-order valence-electron chi connectivity index (χ3n) is 6.82. The van der Waals surface area contributed by atoms with Crippen LogP contribution in [0.25, 0.3) is 0 Å². The van der Waals surface area contributed by atoms with E-state index >= 15 is 0 Å². The summed E-state index contributed by atoms with van der Waals surface area (Å²) in [6, 6.07) is 37.4. The van der Waals surface area contributed by atoms with E-state index in [9.17, 15) is 9.59 Å². The first-order valence-corrected chi connectivity index (χ1v) is 14.5. The van der Waals surface area contributed by atoms with E-state index in [1.165, 1.54) is 0 Å². The number of hydrogen-bond acceptors (Lipinski definition) is 2. The topological polar surface area (TPSA) is 49.4 Å². The molecule has 0 aliphatic rings.